The van der Waals surface area contributed by atoms with Gasteiger partial charge in [0.25, 0.3) is 0 Å². The van der Waals surface area contributed by atoms with Crippen LogP contribution in [0.1, 0.15) is 52.4 Å². The van der Waals surface area contributed by atoms with Gasteiger partial charge in [0.05, 0.1) is 0 Å². The first-order chi connectivity index (χ1) is 7.70. The van der Waals surface area contributed by atoms with Crippen molar-refractivity contribution in [3.05, 3.63) is 6.04 Å². The van der Waals surface area contributed by atoms with Crippen LogP contribution in [0, 0.1) is 12.0 Å². The van der Waals surface area contributed by atoms with Crippen LogP contribution >= 0.6 is 0 Å². The molecule has 0 aromatic carbocycles. The minimum absolute atomic E-state index is 0.734. The third-order valence-electron chi connectivity index (χ3n) is 3.30. The van der Waals surface area contributed by atoms with Crippen molar-refractivity contribution in [1.82, 2.24) is 0 Å². The van der Waals surface area contributed by atoms with Gasteiger partial charge in [-0.15, -0.1) is 0 Å². The van der Waals surface area contributed by atoms with Crippen LogP contribution in [0.2, 0.25) is 6.55 Å². The average molecular weight is 243 g/mol. The molecule has 1 aliphatic carbocycles. The van der Waals surface area contributed by atoms with E-state index in [1.54, 1.807) is 0 Å². The topological polar surface area (TPSA) is 18.5 Å². The third kappa shape index (κ3) is 4.98. The fourth-order valence-corrected chi connectivity index (χ4v) is 5.23. The third-order valence-corrected chi connectivity index (χ3v) is 6.10. The Hall–Kier alpha value is 0.137. The van der Waals surface area contributed by atoms with Gasteiger partial charge in [0, 0.05) is 19.3 Å². The molecule has 0 atom stereocenters. The quantitative estimate of drug-likeness (QED) is 0.521. The normalized spacial score (nSPS) is 19.7. The molecule has 1 aliphatic rings. The van der Waals surface area contributed by atoms with Crippen LogP contribution in [-0.2, 0) is 8.85 Å². The van der Waals surface area contributed by atoms with E-state index in [4.69, 9.17) is 8.85 Å². The van der Waals surface area contributed by atoms with Crippen molar-refractivity contribution in [2.45, 2.75) is 58.9 Å². The Balaban J connectivity index is 2.45. The lowest BCUT2D eigenvalue weighted by atomic mass is 10.0. The highest BCUT2D eigenvalue weighted by atomic mass is 28.4. The molecule has 3 heteroatoms. The maximum absolute atomic E-state index is 5.87. The van der Waals surface area contributed by atoms with Crippen LogP contribution in [0.4, 0.5) is 0 Å². The Kier molecular flexibility index (Phi) is 6.62. The van der Waals surface area contributed by atoms with Gasteiger partial charge in [-0.3, -0.25) is 0 Å². The van der Waals surface area contributed by atoms with Gasteiger partial charge in [-0.2, -0.15) is 0 Å². The summed E-state index contributed by atoms with van der Waals surface area (Å²) in [6, 6.07) is 2.44. The maximum atomic E-state index is 5.87. The van der Waals surface area contributed by atoms with Crippen molar-refractivity contribution in [2.75, 3.05) is 13.2 Å². The molecule has 0 bridgehead atoms. The van der Waals surface area contributed by atoms with Crippen LogP contribution < -0.4 is 0 Å². The molecule has 0 aromatic rings. The monoisotopic (exact) mass is 243 g/mol. The number of hydrogen-bond acceptors (Lipinski definition) is 2. The van der Waals surface area contributed by atoms with E-state index in [0.29, 0.717) is 0 Å². The molecule has 0 heterocycles. The molecule has 1 fully saturated rings. The Morgan fingerprint density at radius 3 is 1.94 bits per heavy atom. The van der Waals surface area contributed by atoms with E-state index in [1.165, 1.54) is 38.5 Å². The van der Waals surface area contributed by atoms with Gasteiger partial charge in [0.1, 0.15) is 0 Å². The zero-order chi connectivity index (χ0) is 11.9. The number of rotatable bonds is 6. The van der Waals surface area contributed by atoms with Crippen LogP contribution in [0.3, 0.4) is 0 Å². The van der Waals surface area contributed by atoms with E-state index in [0.717, 1.165) is 19.1 Å². The smallest absolute Gasteiger partial charge is 0.338 e. The first-order valence-corrected chi connectivity index (χ1v) is 9.23. The Morgan fingerprint density at radius 2 is 1.50 bits per heavy atom. The maximum Gasteiger partial charge on any atom is 0.338 e. The van der Waals surface area contributed by atoms with Crippen molar-refractivity contribution in [2.24, 2.45) is 5.92 Å². The zero-order valence-corrected chi connectivity index (χ0v) is 12.1. The number of hydrogen-bond donors (Lipinski definition) is 0. The lowest BCUT2D eigenvalue weighted by Crippen LogP contribution is -2.42. The molecule has 1 rings (SSSR count). The SMILES string of the molecule is CCO[Si](C)([CH]C1CCCCCC1)OCC. The van der Waals surface area contributed by atoms with Gasteiger partial charge in [-0.25, -0.2) is 0 Å². The lowest BCUT2D eigenvalue weighted by Gasteiger charge is -2.29. The standard InChI is InChI=1S/C13H27O2Si/c1-4-14-16(3,15-5-2)12-13-10-8-6-7-9-11-13/h12-13H,4-11H2,1-3H3. The van der Waals surface area contributed by atoms with E-state index >= 15 is 0 Å². The summed E-state index contributed by atoms with van der Waals surface area (Å²) in [5, 5.41) is 0. The summed E-state index contributed by atoms with van der Waals surface area (Å²) >= 11 is 0. The van der Waals surface area contributed by atoms with Crippen LogP contribution in [0.25, 0.3) is 0 Å². The molecule has 1 saturated carbocycles. The molecule has 0 aromatic heterocycles. The van der Waals surface area contributed by atoms with Crippen molar-refractivity contribution < 1.29 is 8.85 Å². The van der Waals surface area contributed by atoms with E-state index in [2.05, 4.69) is 26.4 Å². The minimum Gasteiger partial charge on any atom is -0.394 e. The van der Waals surface area contributed by atoms with Gasteiger partial charge < -0.3 is 8.85 Å². The Morgan fingerprint density at radius 1 is 1.00 bits per heavy atom. The summed E-state index contributed by atoms with van der Waals surface area (Å²) in [7, 11) is -1.98. The minimum atomic E-state index is -1.98. The van der Waals surface area contributed by atoms with Crippen LogP contribution in [0.15, 0.2) is 0 Å². The largest absolute Gasteiger partial charge is 0.394 e. The first kappa shape index (κ1) is 14.2. The molecule has 0 spiro atoms. The lowest BCUT2D eigenvalue weighted by molar-refractivity contribution is 0.192. The highest BCUT2D eigenvalue weighted by Gasteiger charge is 2.34. The molecule has 16 heavy (non-hydrogen) atoms. The predicted octanol–water partition coefficient (Wildman–Crippen LogP) is 3.85. The summed E-state index contributed by atoms with van der Waals surface area (Å²) in [5.41, 5.74) is 0. The first-order valence-electron chi connectivity index (χ1n) is 6.84. The molecule has 0 unspecified atom stereocenters. The van der Waals surface area contributed by atoms with E-state index in [9.17, 15) is 0 Å². The molecule has 0 saturated heterocycles. The molecule has 0 N–H and O–H groups in total. The van der Waals surface area contributed by atoms with Gasteiger partial charge in [0.15, 0.2) is 0 Å². The van der Waals surface area contributed by atoms with Gasteiger partial charge in [-0.05, 0) is 26.3 Å². The summed E-state index contributed by atoms with van der Waals surface area (Å²) in [5.74, 6) is 0.734. The van der Waals surface area contributed by atoms with Crippen molar-refractivity contribution >= 4 is 8.56 Å². The average Bonchev–Trinajstić information content (AvgIpc) is 2.46. The van der Waals surface area contributed by atoms with Gasteiger partial charge >= 0.3 is 8.56 Å². The highest BCUT2D eigenvalue weighted by Crippen LogP contribution is 2.29. The zero-order valence-electron chi connectivity index (χ0n) is 11.1. The Bertz CT molecular complexity index is 171. The molecular weight excluding hydrogens is 216 g/mol. The molecular formula is C13H27O2Si. The second-order valence-corrected chi connectivity index (χ2v) is 7.74. The van der Waals surface area contributed by atoms with Gasteiger partial charge in [0.2, 0.25) is 0 Å². The molecule has 0 amide bonds. The molecule has 0 aliphatic heterocycles. The molecule has 1 radical (unpaired) electrons. The Labute approximate surface area is 102 Å². The second kappa shape index (κ2) is 7.46. The molecule has 2 nitrogen and oxygen atoms in total. The van der Waals surface area contributed by atoms with Crippen LogP contribution in [-0.4, -0.2) is 21.8 Å². The van der Waals surface area contributed by atoms with Crippen molar-refractivity contribution in [1.29, 1.82) is 0 Å². The van der Waals surface area contributed by atoms with E-state index in [-0.39, 0.29) is 0 Å². The van der Waals surface area contributed by atoms with Crippen molar-refractivity contribution in [3.8, 4) is 0 Å². The highest BCUT2D eigenvalue weighted by molar-refractivity contribution is 6.69. The fraction of sp³-hybridized carbons (Fsp3) is 0.923. The fourth-order valence-electron chi connectivity index (χ4n) is 2.62. The summed E-state index contributed by atoms with van der Waals surface area (Å²) in [6.07, 6.45) is 8.25. The summed E-state index contributed by atoms with van der Waals surface area (Å²) in [6.45, 7) is 7.85. The van der Waals surface area contributed by atoms with Crippen LogP contribution in [0.5, 0.6) is 0 Å². The van der Waals surface area contributed by atoms with E-state index < -0.39 is 8.56 Å². The second-order valence-electron chi connectivity index (χ2n) is 4.80. The summed E-state index contributed by atoms with van der Waals surface area (Å²) in [4.78, 5) is 0. The van der Waals surface area contributed by atoms with Gasteiger partial charge in [-0.1, -0.05) is 38.5 Å². The summed E-state index contributed by atoms with van der Waals surface area (Å²) < 4.78 is 11.7. The van der Waals surface area contributed by atoms with Crippen molar-refractivity contribution in [3.63, 3.8) is 0 Å². The van der Waals surface area contributed by atoms with E-state index in [1.807, 2.05) is 0 Å². The molecule has 95 valence electrons. The predicted molar refractivity (Wildman–Crippen MR) is 70.4 cm³/mol.